The Morgan fingerprint density at radius 1 is 0.929 bits per heavy atom. The van der Waals surface area contributed by atoms with Crippen LogP contribution in [-0.2, 0) is 6.42 Å². The lowest BCUT2D eigenvalue weighted by Crippen LogP contribution is -2.21. The van der Waals surface area contributed by atoms with E-state index in [1.165, 1.54) is 5.56 Å². The maximum Gasteiger partial charge on any atom is 0.223 e. The van der Waals surface area contributed by atoms with Gasteiger partial charge in [0, 0.05) is 22.9 Å². The van der Waals surface area contributed by atoms with Gasteiger partial charge in [-0.1, -0.05) is 19.4 Å². The Labute approximate surface area is 163 Å². The average Bonchev–Trinajstić information content (AvgIpc) is 2.73. The number of nitrogens with zero attached hydrogens (tertiary/aromatic N) is 1. The molecule has 0 saturated carbocycles. The molecule has 0 saturated heterocycles. The minimum atomic E-state index is 0.281. The van der Waals surface area contributed by atoms with Crippen LogP contribution in [0.5, 0.6) is 23.0 Å². The predicted molar refractivity (Wildman–Crippen MR) is 110 cm³/mol. The molecule has 2 aromatic heterocycles. The van der Waals surface area contributed by atoms with E-state index in [9.17, 15) is 5.11 Å². The summed E-state index contributed by atoms with van der Waals surface area (Å²) in [6.07, 6.45) is 5.93. The highest BCUT2D eigenvalue weighted by atomic mass is 16.5. The van der Waals surface area contributed by atoms with Crippen molar-refractivity contribution in [2.45, 2.75) is 19.8 Å². The summed E-state index contributed by atoms with van der Waals surface area (Å²) in [5.74, 6) is 2.10. The summed E-state index contributed by atoms with van der Waals surface area (Å²) >= 11 is 0. The largest absolute Gasteiger partial charge is 0.507 e. The molecule has 0 aliphatic heterocycles. The van der Waals surface area contributed by atoms with E-state index in [0.29, 0.717) is 17.2 Å². The fourth-order valence-electron chi connectivity index (χ4n) is 3.94. The molecule has 2 aromatic carbocycles. The van der Waals surface area contributed by atoms with Crippen molar-refractivity contribution in [2.75, 3.05) is 21.3 Å². The number of methoxy groups -OCH3 is 3. The maximum absolute atomic E-state index is 10.4. The number of aromatic nitrogens is 1. The number of hydrogen-bond acceptors (Lipinski definition) is 4. The summed E-state index contributed by atoms with van der Waals surface area (Å²) in [6, 6.07) is 9.86. The van der Waals surface area contributed by atoms with E-state index in [1.54, 1.807) is 27.4 Å². The van der Waals surface area contributed by atoms with Crippen molar-refractivity contribution < 1.29 is 23.7 Å². The Kier molecular flexibility index (Phi) is 4.59. The first kappa shape index (κ1) is 18.2. The van der Waals surface area contributed by atoms with Gasteiger partial charge in [0.2, 0.25) is 11.3 Å². The van der Waals surface area contributed by atoms with Crippen molar-refractivity contribution in [3.05, 3.63) is 48.3 Å². The van der Waals surface area contributed by atoms with E-state index in [-0.39, 0.29) is 5.75 Å². The van der Waals surface area contributed by atoms with Crippen LogP contribution in [0, 0.1) is 0 Å². The first-order valence-corrected chi connectivity index (χ1v) is 9.34. The highest BCUT2D eigenvalue weighted by Gasteiger charge is 2.22. The monoisotopic (exact) mass is 378 g/mol. The van der Waals surface area contributed by atoms with E-state index in [4.69, 9.17) is 14.2 Å². The topological polar surface area (TPSA) is 52.0 Å². The van der Waals surface area contributed by atoms with Crippen molar-refractivity contribution in [1.29, 1.82) is 0 Å². The zero-order valence-electron chi connectivity index (χ0n) is 16.6. The second-order valence-corrected chi connectivity index (χ2v) is 6.81. The number of fused-ring (bicyclic) bond motifs is 4. The van der Waals surface area contributed by atoms with Crippen LogP contribution in [0.1, 0.15) is 18.9 Å². The molecule has 28 heavy (non-hydrogen) atoms. The first-order chi connectivity index (χ1) is 13.6. The molecule has 0 aliphatic rings. The highest BCUT2D eigenvalue weighted by Crippen LogP contribution is 2.44. The molecule has 0 unspecified atom stereocenters. The lowest BCUT2D eigenvalue weighted by atomic mass is 9.99. The fraction of sp³-hybridized carbons (Fsp3) is 0.261. The van der Waals surface area contributed by atoms with Gasteiger partial charge in [0.25, 0.3) is 0 Å². The van der Waals surface area contributed by atoms with Gasteiger partial charge in [-0.3, -0.25) is 0 Å². The normalized spacial score (nSPS) is 11.3. The second kappa shape index (κ2) is 7.08. The Balaban J connectivity index is 2.19. The molecule has 144 valence electrons. The van der Waals surface area contributed by atoms with Gasteiger partial charge in [-0.05, 0) is 24.1 Å². The lowest BCUT2D eigenvalue weighted by molar-refractivity contribution is -0.509. The molecule has 0 bridgehead atoms. The number of aromatic hydroxyl groups is 1. The molecule has 4 rings (SSSR count). The number of pyridine rings is 2. The molecular formula is C23H24NO4+. The summed E-state index contributed by atoms with van der Waals surface area (Å²) < 4.78 is 18.8. The van der Waals surface area contributed by atoms with Crippen molar-refractivity contribution in [3.8, 4) is 23.0 Å². The quantitative estimate of drug-likeness (QED) is 0.317. The molecule has 4 aromatic rings. The molecular weight excluding hydrogens is 354 g/mol. The highest BCUT2D eigenvalue weighted by molar-refractivity contribution is 6.04. The smallest absolute Gasteiger partial charge is 0.223 e. The van der Waals surface area contributed by atoms with Crippen LogP contribution >= 0.6 is 0 Å². The van der Waals surface area contributed by atoms with Gasteiger partial charge in [0.15, 0.2) is 23.9 Å². The predicted octanol–water partition coefficient (Wildman–Crippen LogP) is 4.42. The van der Waals surface area contributed by atoms with Crippen molar-refractivity contribution in [2.24, 2.45) is 0 Å². The van der Waals surface area contributed by atoms with Crippen molar-refractivity contribution in [3.63, 3.8) is 0 Å². The molecule has 5 nitrogen and oxygen atoms in total. The van der Waals surface area contributed by atoms with E-state index in [1.807, 2.05) is 35.0 Å². The van der Waals surface area contributed by atoms with Gasteiger partial charge in [0.1, 0.15) is 11.1 Å². The van der Waals surface area contributed by atoms with Crippen LogP contribution in [0.2, 0.25) is 0 Å². The minimum Gasteiger partial charge on any atom is -0.507 e. The van der Waals surface area contributed by atoms with Gasteiger partial charge in [-0.15, -0.1) is 0 Å². The Morgan fingerprint density at radius 3 is 2.39 bits per heavy atom. The number of rotatable bonds is 5. The Bertz CT molecular complexity index is 1200. The van der Waals surface area contributed by atoms with Gasteiger partial charge in [0.05, 0.1) is 26.7 Å². The van der Waals surface area contributed by atoms with E-state index in [2.05, 4.69) is 13.0 Å². The number of ether oxygens (including phenoxy) is 3. The van der Waals surface area contributed by atoms with E-state index < -0.39 is 0 Å². The van der Waals surface area contributed by atoms with Gasteiger partial charge in [-0.25, -0.2) is 0 Å². The number of phenols is 1. The zero-order chi connectivity index (χ0) is 19.8. The molecule has 0 spiro atoms. The van der Waals surface area contributed by atoms with Crippen LogP contribution in [0.25, 0.3) is 27.1 Å². The third kappa shape index (κ3) is 2.66. The van der Waals surface area contributed by atoms with Crippen LogP contribution in [-0.4, -0.2) is 26.4 Å². The molecule has 0 amide bonds. The Morgan fingerprint density at radius 2 is 1.71 bits per heavy atom. The fourth-order valence-corrected chi connectivity index (χ4v) is 3.94. The number of hydrogen-bond donors (Lipinski definition) is 1. The maximum atomic E-state index is 10.4. The van der Waals surface area contributed by atoms with Crippen LogP contribution in [0.4, 0.5) is 0 Å². The summed E-state index contributed by atoms with van der Waals surface area (Å²) in [6.45, 7) is 2.16. The second-order valence-electron chi connectivity index (χ2n) is 6.81. The zero-order valence-corrected chi connectivity index (χ0v) is 16.6. The van der Waals surface area contributed by atoms with Crippen LogP contribution in [0.3, 0.4) is 0 Å². The molecule has 0 radical (unpaired) electrons. The first-order valence-electron chi connectivity index (χ1n) is 9.34. The van der Waals surface area contributed by atoms with Gasteiger partial charge < -0.3 is 19.3 Å². The molecule has 1 N–H and O–H groups in total. The van der Waals surface area contributed by atoms with E-state index >= 15 is 0 Å². The van der Waals surface area contributed by atoms with Crippen molar-refractivity contribution in [1.82, 2.24) is 0 Å². The van der Waals surface area contributed by atoms with Crippen molar-refractivity contribution >= 4 is 27.1 Å². The lowest BCUT2D eigenvalue weighted by Gasteiger charge is -2.15. The molecule has 0 aliphatic carbocycles. The molecule has 0 atom stereocenters. The SMILES string of the molecule is CCCc1ccc(O)c2c[n+]3ccc4cc(OC)c(OC)c(OC)c4c3cc12. The molecule has 0 fully saturated rings. The third-order valence-electron chi connectivity index (χ3n) is 5.23. The number of phenolic OH excluding ortho intramolecular Hbond substituents is 1. The van der Waals surface area contributed by atoms with Crippen LogP contribution in [0.15, 0.2) is 42.7 Å². The minimum absolute atomic E-state index is 0.281. The number of benzene rings is 2. The van der Waals surface area contributed by atoms with E-state index in [0.717, 1.165) is 39.9 Å². The average molecular weight is 378 g/mol. The third-order valence-corrected chi connectivity index (χ3v) is 5.23. The standard InChI is InChI=1S/C23H23NO4/c1-5-6-14-7-8-19(25)17-13-24-10-9-15-11-20(26-2)22(27-3)23(28-4)21(15)18(24)12-16(14)17/h7-13H,5-6H2,1-4H3/p+1. The molecule has 2 heterocycles. The summed E-state index contributed by atoms with van der Waals surface area (Å²) in [5, 5.41) is 14.2. The Hall–Kier alpha value is -3.21. The molecule has 5 heteroatoms. The van der Waals surface area contributed by atoms with Gasteiger partial charge >= 0.3 is 0 Å². The summed E-state index contributed by atoms with van der Waals surface area (Å²) in [4.78, 5) is 0. The van der Waals surface area contributed by atoms with Crippen LogP contribution < -0.4 is 18.6 Å². The van der Waals surface area contributed by atoms with Gasteiger partial charge in [-0.2, -0.15) is 4.40 Å². The summed E-state index contributed by atoms with van der Waals surface area (Å²) in [5.41, 5.74) is 2.19. The summed E-state index contributed by atoms with van der Waals surface area (Å²) in [7, 11) is 4.86. The number of aryl methyl sites for hydroxylation is 1.